The summed E-state index contributed by atoms with van der Waals surface area (Å²) < 4.78 is 4.97. The van der Waals surface area contributed by atoms with Crippen LogP contribution in [0.3, 0.4) is 0 Å². The number of nitrogens with one attached hydrogen (secondary N) is 1. The van der Waals surface area contributed by atoms with Crippen molar-refractivity contribution in [3.63, 3.8) is 0 Å². The first kappa shape index (κ1) is 24.3. The lowest BCUT2D eigenvalue weighted by molar-refractivity contribution is -0.384. The highest BCUT2D eigenvalue weighted by Gasteiger charge is 2.18. The van der Waals surface area contributed by atoms with Crippen molar-refractivity contribution in [1.29, 1.82) is 0 Å². The third-order valence-electron chi connectivity index (χ3n) is 4.43. The SMILES string of the molecule is CCCN(CC(=O)Nc1ccccc1C)C(=O)COC(=O)/C=C/c1cccc([N+](=O)[O-])c1. The molecule has 9 heteroatoms. The Kier molecular flexibility index (Phi) is 9.09. The van der Waals surface area contributed by atoms with Crippen LogP contribution in [0.25, 0.3) is 6.08 Å². The van der Waals surface area contributed by atoms with Gasteiger partial charge in [-0.1, -0.05) is 37.3 Å². The zero-order valence-electron chi connectivity index (χ0n) is 17.9. The van der Waals surface area contributed by atoms with Gasteiger partial charge in [-0.15, -0.1) is 0 Å². The van der Waals surface area contributed by atoms with E-state index in [-0.39, 0.29) is 18.1 Å². The first-order valence-corrected chi connectivity index (χ1v) is 10.0. The number of nitro groups is 1. The number of anilines is 1. The van der Waals surface area contributed by atoms with Crippen LogP contribution >= 0.6 is 0 Å². The molecule has 9 nitrogen and oxygen atoms in total. The molecular weight excluding hydrogens is 414 g/mol. The Morgan fingerprint density at radius 3 is 2.59 bits per heavy atom. The van der Waals surface area contributed by atoms with Gasteiger partial charge in [-0.3, -0.25) is 19.7 Å². The molecule has 0 saturated carbocycles. The van der Waals surface area contributed by atoms with Crippen molar-refractivity contribution in [3.05, 3.63) is 75.8 Å². The van der Waals surface area contributed by atoms with Gasteiger partial charge in [-0.05, 0) is 36.6 Å². The molecule has 0 fully saturated rings. The molecule has 0 aliphatic heterocycles. The van der Waals surface area contributed by atoms with Gasteiger partial charge in [0.05, 0.1) is 11.5 Å². The number of hydrogen-bond donors (Lipinski definition) is 1. The molecule has 0 saturated heterocycles. The summed E-state index contributed by atoms with van der Waals surface area (Å²) in [5.41, 5.74) is 1.91. The number of hydrogen-bond acceptors (Lipinski definition) is 6. The van der Waals surface area contributed by atoms with Gasteiger partial charge in [0.2, 0.25) is 5.91 Å². The summed E-state index contributed by atoms with van der Waals surface area (Å²) >= 11 is 0. The molecule has 1 N–H and O–H groups in total. The van der Waals surface area contributed by atoms with Gasteiger partial charge in [-0.25, -0.2) is 4.79 Å². The minimum absolute atomic E-state index is 0.102. The summed E-state index contributed by atoms with van der Waals surface area (Å²) in [6, 6.07) is 13.0. The molecule has 2 aromatic rings. The Hall–Kier alpha value is -4.01. The van der Waals surface area contributed by atoms with E-state index in [1.165, 1.54) is 29.2 Å². The lowest BCUT2D eigenvalue weighted by atomic mass is 10.2. The number of benzene rings is 2. The van der Waals surface area contributed by atoms with Crippen molar-refractivity contribution in [2.75, 3.05) is 25.0 Å². The Bertz CT molecular complexity index is 1020. The molecule has 2 amide bonds. The fourth-order valence-electron chi connectivity index (χ4n) is 2.82. The van der Waals surface area contributed by atoms with Crippen molar-refractivity contribution in [2.45, 2.75) is 20.3 Å². The molecule has 2 aromatic carbocycles. The largest absolute Gasteiger partial charge is 0.452 e. The maximum absolute atomic E-state index is 12.5. The predicted octanol–water partition coefficient (Wildman–Crippen LogP) is 3.34. The van der Waals surface area contributed by atoms with E-state index in [9.17, 15) is 24.5 Å². The molecule has 2 rings (SSSR count). The number of esters is 1. The third-order valence-corrected chi connectivity index (χ3v) is 4.43. The summed E-state index contributed by atoms with van der Waals surface area (Å²) in [4.78, 5) is 48.3. The molecule has 0 bridgehead atoms. The van der Waals surface area contributed by atoms with Crippen LogP contribution in [-0.2, 0) is 19.1 Å². The molecule has 168 valence electrons. The average Bonchev–Trinajstić information content (AvgIpc) is 2.77. The Morgan fingerprint density at radius 1 is 1.16 bits per heavy atom. The fraction of sp³-hybridized carbons (Fsp3) is 0.261. The lowest BCUT2D eigenvalue weighted by Gasteiger charge is -2.21. The highest BCUT2D eigenvalue weighted by atomic mass is 16.6. The topological polar surface area (TPSA) is 119 Å². The standard InChI is InChI=1S/C23H25N3O6/c1-3-13-25(15-21(27)24-20-10-5-4-7-17(20)2)22(28)16-32-23(29)12-11-18-8-6-9-19(14-18)26(30)31/h4-12,14H,3,13,15-16H2,1-2H3,(H,24,27)/b12-11+. The first-order valence-electron chi connectivity index (χ1n) is 10.0. The normalized spacial score (nSPS) is 10.6. The van der Waals surface area contributed by atoms with Crippen LogP contribution in [0, 0.1) is 17.0 Å². The van der Waals surface area contributed by atoms with E-state index < -0.39 is 23.4 Å². The monoisotopic (exact) mass is 439 g/mol. The molecule has 0 heterocycles. The zero-order chi connectivity index (χ0) is 23.5. The highest BCUT2D eigenvalue weighted by molar-refractivity contribution is 5.95. The van der Waals surface area contributed by atoms with E-state index in [4.69, 9.17) is 4.74 Å². The van der Waals surface area contributed by atoms with E-state index in [1.54, 1.807) is 18.2 Å². The minimum Gasteiger partial charge on any atom is -0.452 e. The van der Waals surface area contributed by atoms with Crippen molar-refractivity contribution in [2.24, 2.45) is 0 Å². The van der Waals surface area contributed by atoms with Gasteiger partial charge in [0.15, 0.2) is 6.61 Å². The van der Waals surface area contributed by atoms with Crippen LogP contribution in [0.5, 0.6) is 0 Å². The number of para-hydroxylation sites is 1. The number of non-ortho nitro benzene ring substituents is 1. The molecule has 0 spiro atoms. The van der Waals surface area contributed by atoms with Crippen LogP contribution in [0.4, 0.5) is 11.4 Å². The molecular formula is C23H25N3O6. The molecule has 32 heavy (non-hydrogen) atoms. The van der Waals surface area contributed by atoms with Gasteiger partial charge < -0.3 is 15.0 Å². The van der Waals surface area contributed by atoms with Crippen LogP contribution < -0.4 is 5.32 Å². The second kappa shape index (κ2) is 12.0. The summed E-state index contributed by atoms with van der Waals surface area (Å²) in [7, 11) is 0. The Balaban J connectivity index is 1.89. The molecule has 0 aliphatic carbocycles. The van der Waals surface area contributed by atoms with E-state index in [0.717, 1.165) is 11.6 Å². The number of carbonyl (C=O) groups is 3. The highest BCUT2D eigenvalue weighted by Crippen LogP contribution is 2.14. The number of rotatable bonds is 10. The number of carbonyl (C=O) groups excluding carboxylic acids is 3. The van der Waals surface area contributed by atoms with E-state index in [0.29, 0.717) is 24.2 Å². The van der Waals surface area contributed by atoms with Crippen LogP contribution in [-0.4, -0.2) is 47.3 Å². The predicted molar refractivity (Wildman–Crippen MR) is 120 cm³/mol. The smallest absolute Gasteiger partial charge is 0.331 e. The number of nitro benzene ring substituents is 1. The molecule has 0 aliphatic rings. The van der Waals surface area contributed by atoms with Gasteiger partial charge in [0, 0.05) is 30.4 Å². The molecule has 0 unspecified atom stereocenters. The lowest BCUT2D eigenvalue weighted by Crippen LogP contribution is -2.40. The van der Waals surface area contributed by atoms with E-state index in [2.05, 4.69) is 5.32 Å². The third kappa shape index (κ3) is 7.67. The summed E-state index contributed by atoms with van der Waals surface area (Å²) in [5.74, 6) is -1.62. The van der Waals surface area contributed by atoms with Crippen LogP contribution in [0.2, 0.25) is 0 Å². The van der Waals surface area contributed by atoms with Crippen LogP contribution in [0.1, 0.15) is 24.5 Å². The molecule has 0 atom stereocenters. The Morgan fingerprint density at radius 2 is 1.91 bits per heavy atom. The van der Waals surface area contributed by atoms with E-state index >= 15 is 0 Å². The van der Waals surface area contributed by atoms with Crippen molar-refractivity contribution in [3.8, 4) is 0 Å². The van der Waals surface area contributed by atoms with Crippen molar-refractivity contribution < 1.29 is 24.0 Å². The van der Waals surface area contributed by atoms with Gasteiger partial charge in [0.1, 0.15) is 0 Å². The maximum Gasteiger partial charge on any atom is 0.331 e. The fourth-order valence-corrected chi connectivity index (χ4v) is 2.82. The summed E-state index contributed by atoms with van der Waals surface area (Å²) in [6.45, 7) is 3.39. The number of ether oxygens (including phenoxy) is 1. The second-order valence-electron chi connectivity index (χ2n) is 6.97. The van der Waals surface area contributed by atoms with Crippen LogP contribution in [0.15, 0.2) is 54.6 Å². The number of aryl methyl sites for hydroxylation is 1. The summed E-state index contributed by atoms with van der Waals surface area (Å²) in [6.07, 6.45) is 3.07. The van der Waals surface area contributed by atoms with Crippen molar-refractivity contribution in [1.82, 2.24) is 4.90 Å². The van der Waals surface area contributed by atoms with Gasteiger partial charge >= 0.3 is 5.97 Å². The summed E-state index contributed by atoms with van der Waals surface area (Å²) in [5, 5.41) is 13.6. The van der Waals surface area contributed by atoms with Gasteiger partial charge in [-0.2, -0.15) is 0 Å². The molecule has 0 aromatic heterocycles. The Labute approximate surface area is 185 Å². The maximum atomic E-state index is 12.5. The quantitative estimate of drug-likeness (QED) is 0.262. The second-order valence-corrected chi connectivity index (χ2v) is 6.97. The molecule has 0 radical (unpaired) electrons. The first-order chi connectivity index (χ1) is 15.3. The minimum atomic E-state index is -0.773. The van der Waals surface area contributed by atoms with Gasteiger partial charge in [0.25, 0.3) is 11.6 Å². The average molecular weight is 439 g/mol. The zero-order valence-corrected chi connectivity index (χ0v) is 17.9. The van der Waals surface area contributed by atoms with E-state index in [1.807, 2.05) is 26.0 Å². The number of nitrogens with zero attached hydrogens (tertiary/aromatic N) is 2. The van der Waals surface area contributed by atoms with Crippen molar-refractivity contribution >= 4 is 35.2 Å². The number of amides is 2.